The number of halogens is 1. The van der Waals surface area contributed by atoms with E-state index in [0.717, 1.165) is 11.6 Å². The van der Waals surface area contributed by atoms with Gasteiger partial charge in [0.25, 0.3) is 0 Å². The van der Waals surface area contributed by atoms with Gasteiger partial charge >= 0.3 is 11.6 Å². The summed E-state index contributed by atoms with van der Waals surface area (Å²) in [5.41, 5.74) is -0.555. The number of ether oxygens (including phenoxy) is 1. The molecule has 1 aromatic heterocycles. The van der Waals surface area contributed by atoms with Crippen LogP contribution in [0.25, 0.3) is 11.1 Å². The molecule has 0 saturated heterocycles. The first kappa shape index (κ1) is 14.6. The Hall–Kier alpha value is -1.77. The third-order valence-electron chi connectivity index (χ3n) is 2.84. The standard InChI is InChI=1S/C12H11BrN2O5/c1-12(15-18,11(17)19-2)9-10(16)20-8-5-6(13)3-4-7(8)14-9/h3-5,15,18H,1-2H3. The number of carbonyl (C=O) groups is 1. The Morgan fingerprint density at radius 3 is 2.85 bits per heavy atom. The van der Waals surface area contributed by atoms with Gasteiger partial charge in [-0.2, -0.15) is 5.48 Å². The number of esters is 1. The van der Waals surface area contributed by atoms with Gasteiger partial charge in [-0.25, -0.2) is 14.6 Å². The molecule has 0 amide bonds. The fourth-order valence-electron chi connectivity index (χ4n) is 1.69. The van der Waals surface area contributed by atoms with Gasteiger partial charge in [-0.1, -0.05) is 15.9 Å². The molecule has 0 radical (unpaired) electrons. The average Bonchev–Trinajstić information content (AvgIpc) is 2.44. The fraction of sp³-hybridized carbons (Fsp3) is 0.250. The second-order valence-electron chi connectivity index (χ2n) is 4.19. The third kappa shape index (κ3) is 2.33. The number of hydroxylamine groups is 1. The average molecular weight is 343 g/mol. The lowest BCUT2D eigenvalue weighted by atomic mass is 9.99. The molecule has 0 aliphatic rings. The lowest BCUT2D eigenvalue weighted by molar-refractivity contribution is -0.153. The van der Waals surface area contributed by atoms with E-state index >= 15 is 0 Å². The van der Waals surface area contributed by atoms with Crippen LogP contribution in [0.1, 0.15) is 12.6 Å². The van der Waals surface area contributed by atoms with Gasteiger partial charge in [0.05, 0.1) is 7.11 Å². The van der Waals surface area contributed by atoms with Crippen molar-refractivity contribution in [1.29, 1.82) is 0 Å². The molecule has 2 N–H and O–H groups in total. The lowest BCUT2D eigenvalue weighted by Crippen LogP contribution is -2.49. The van der Waals surface area contributed by atoms with Crippen molar-refractivity contribution < 1.29 is 19.2 Å². The lowest BCUT2D eigenvalue weighted by Gasteiger charge is -2.22. The molecule has 7 nitrogen and oxygen atoms in total. The van der Waals surface area contributed by atoms with Gasteiger partial charge < -0.3 is 14.4 Å². The second-order valence-corrected chi connectivity index (χ2v) is 5.11. The van der Waals surface area contributed by atoms with Gasteiger partial charge in [-0.05, 0) is 25.1 Å². The Balaban J connectivity index is 2.71. The molecule has 2 rings (SSSR count). The minimum absolute atomic E-state index is 0.262. The summed E-state index contributed by atoms with van der Waals surface area (Å²) in [7, 11) is 1.14. The molecule has 1 atom stereocenters. The van der Waals surface area contributed by atoms with Crippen molar-refractivity contribution in [2.24, 2.45) is 0 Å². The van der Waals surface area contributed by atoms with E-state index in [4.69, 9.17) is 4.42 Å². The first-order chi connectivity index (χ1) is 9.42. The topological polar surface area (TPSA) is 102 Å². The number of carbonyl (C=O) groups excluding carboxylic acids is 1. The van der Waals surface area contributed by atoms with E-state index in [1.54, 1.807) is 23.7 Å². The number of aromatic nitrogens is 1. The molecule has 0 aliphatic carbocycles. The summed E-state index contributed by atoms with van der Waals surface area (Å²) in [6, 6.07) is 4.90. The normalized spacial score (nSPS) is 14.0. The van der Waals surface area contributed by atoms with Crippen LogP contribution in [0, 0.1) is 0 Å². The van der Waals surface area contributed by atoms with Crippen molar-refractivity contribution in [2.45, 2.75) is 12.5 Å². The van der Waals surface area contributed by atoms with E-state index in [1.165, 1.54) is 6.92 Å². The monoisotopic (exact) mass is 342 g/mol. The SMILES string of the molecule is COC(=O)C(C)(NO)c1nc2ccc(Br)cc2oc1=O. The number of nitrogens with zero attached hydrogens (tertiary/aromatic N) is 1. The largest absolute Gasteiger partial charge is 0.467 e. The van der Waals surface area contributed by atoms with Gasteiger partial charge in [0, 0.05) is 4.47 Å². The van der Waals surface area contributed by atoms with Gasteiger partial charge in [0.15, 0.2) is 16.8 Å². The smallest absolute Gasteiger partial charge is 0.360 e. The van der Waals surface area contributed by atoms with Crippen LogP contribution < -0.4 is 11.1 Å². The number of hydrogen-bond acceptors (Lipinski definition) is 7. The highest BCUT2D eigenvalue weighted by Gasteiger charge is 2.41. The van der Waals surface area contributed by atoms with Gasteiger partial charge in [0.1, 0.15) is 5.52 Å². The highest BCUT2D eigenvalue weighted by molar-refractivity contribution is 9.10. The van der Waals surface area contributed by atoms with E-state index in [2.05, 4.69) is 25.7 Å². The summed E-state index contributed by atoms with van der Waals surface area (Å²) in [5.74, 6) is -0.865. The van der Waals surface area contributed by atoms with E-state index < -0.39 is 17.1 Å². The Bertz CT molecular complexity index is 729. The predicted octanol–water partition coefficient (Wildman–Crippen LogP) is 1.32. The molecule has 2 aromatic rings. The number of hydrogen-bond donors (Lipinski definition) is 2. The van der Waals surface area contributed by atoms with E-state index in [1.807, 2.05) is 0 Å². The number of nitrogens with one attached hydrogen (secondary N) is 1. The molecule has 0 aliphatic heterocycles. The van der Waals surface area contributed by atoms with E-state index in [0.29, 0.717) is 5.52 Å². The van der Waals surface area contributed by atoms with Crippen LogP contribution in [0.15, 0.2) is 31.9 Å². The minimum Gasteiger partial charge on any atom is -0.467 e. The van der Waals surface area contributed by atoms with Crippen LogP contribution in [0.5, 0.6) is 0 Å². The van der Waals surface area contributed by atoms with Gasteiger partial charge in [-0.15, -0.1) is 0 Å². The summed E-state index contributed by atoms with van der Waals surface area (Å²) < 4.78 is 10.4. The summed E-state index contributed by atoms with van der Waals surface area (Å²) in [4.78, 5) is 27.8. The highest BCUT2D eigenvalue weighted by Crippen LogP contribution is 2.22. The molecule has 1 unspecified atom stereocenters. The highest BCUT2D eigenvalue weighted by atomic mass is 79.9. The molecule has 20 heavy (non-hydrogen) atoms. The van der Waals surface area contributed by atoms with Crippen molar-refractivity contribution in [3.63, 3.8) is 0 Å². The van der Waals surface area contributed by atoms with Crippen molar-refractivity contribution in [3.8, 4) is 0 Å². The van der Waals surface area contributed by atoms with E-state index in [-0.39, 0.29) is 11.3 Å². The molecule has 1 heterocycles. The van der Waals surface area contributed by atoms with Crippen LogP contribution in [0.2, 0.25) is 0 Å². The Morgan fingerprint density at radius 1 is 1.55 bits per heavy atom. The van der Waals surface area contributed by atoms with Crippen molar-refractivity contribution in [1.82, 2.24) is 10.5 Å². The zero-order valence-electron chi connectivity index (χ0n) is 10.6. The maximum Gasteiger partial charge on any atom is 0.360 e. The molecule has 0 fully saturated rings. The van der Waals surface area contributed by atoms with Gasteiger partial charge in [0.2, 0.25) is 0 Å². The van der Waals surface area contributed by atoms with Crippen molar-refractivity contribution in [2.75, 3.05) is 7.11 Å². The zero-order chi connectivity index (χ0) is 14.9. The summed E-state index contributed by atoms with van der Waals surface area (Å²) in [6.07, 6.45) is 0. The quantitative estimate of drug-likeness (QED) is 0.640. The molecular formula is C12H11BrN2O5. The first-order valence-corrected chi connectivity index (χ1v) is 6.32. The van der Waals surface area contributed by atoms with Crippen molar-refractivity contribution >= 4 is 33.0 Å². The summed E-state index contributed by atoms with van der Waals surface area (Å²) in [5, 5.41) is 9.20. The maximum atomic E-state index is 12.0. The molecule has 0 spiro atoms. The van der Waals surface area contributed by atoms with Crippen molar-refractivity contribution in [3.05, 3.63) is 38.8 Å². The summed E-state index contributed by atoms with van der Waals surface area (Å²) >= 11 is 3.25. The Morgan fingerprint density at radius 2 is 2.25 bits per heavy atom. The Kier molecular flexibility index (Phi) is 3.89. The molecular weight excluding hydrogens is 332 g/mol. The van der Waals surface area contributed by atoms with Crippen LogP contribution in [-0.4, -0.2) is 23.3 Å². The molecule has 1 aromatic carbocycles. The van der Waals surface area contributed by atoms with Crippen LogP contribution in [-0.2, 0) is 15.1 Å². The Labute approximate surface area is 121 Å². The van der Waals surface area contributed by atoms with Crippen LogP contribution >= 0.6 is 15.9 Å². The first-order valence-electron chi connectivity index (χ1n) is 5.53. The molecule has 0 bridgehead atoms. The molecule has 0 saturated carbocycles. The van der Waals surface area contributed by atoms with Crippen LogP contribution in [0.3, 0.4) is 0 Å². The molecule has 8 heteroatoms. The number of methoxy groups -OCH3 is 1. The minimum atomic E-state index is -1.81. The predicted molar refractivity (Wildman–Crippen MR) is 72.3 cm³/mol. The van der Waals surface area contributed by atoms with E-state index in [9.17, 15) is 14.8 Å². The molecule has 106 valence electrons. The fourth-order valence-corrected chi connectivity index (χ4v) is 2.03. The van der Waals surface area contributed by atoms with Gasteiger partial charge in [-0.3, -0.25) is 0 Å². The summed E-state index contributed by atoms with van der Waals surface area (Å²) in [6.45, 7) is 1.27. The second kappa shape index (κ2) is 5.31. The third-order valence-corrected chi connectivity index (χ3v) is 3.33. The number of fused-ring (bicyclic) bond motifs is 1. The van der Waals surface area contributed by atoms with Crippen LogP contribution in [0.4, 0.5) is 0 Å². The zero-order valence-corrected chi connectivity index (χ0v) is 12.2. The number of benzene rings is 1. The maximum absolute atomic E-state index is 12.0. The number of rotatable bonds is 3.